The number of ether oxygens (including phenoxy) is 1. The van der Waals surface area contributed by atoms with E-state index in [1.165, 1.54) is 11.9 Å². The van der Waals surface area contributed by atoms with Gasteiger partial charge in [0.05, 0.1) is 5.69 Å². The Labute approximate surface area is 105 Å². The Balaban J connectivity index is 2.32. The van der Waals surface area contributed by atoms with E-state index in [0.29, 0.717) is 18.0 Å². The van der Waals surface area contributed by atoms with Gasteiger partial charge < -0.3 is 15.8 Å². The molecule has 0 radical (unpaired) electrons. The van der Waals surface area contributed by atoms with Gasteiger partial charge in [-0.05, 0) is 17.7 Å². The number of carbonyl (C=O) groups is 2. The Morgan fingerprint density at radius 2 is 2.33 bits per heavy atom. The van der Waals surface area contributed by atoms with E-state index in [2.05, 4.69) is 5.32 Å². The molecule has 0 aromatic heterocycles. The number of nitrogens with zero attached hydrogens (tertiary/aromatic N) is 1. The second-order valence-electron chi connectivity index (χ2n) is 3.95. The summed E-state index contributed by atoms with van der Waals surface area (Å²) in [6.45, 7) is 0.339. The highest BCUT2D eigenvalue weighted by molar-refractivity contribution is 6.02. The van der Waals surface area contributed by atoms with E-state index >= 15 is 0 Å². The summed E-state index contributed by atoms with van der Waals surface area (Å²) >= 11 is 0. The van der Waals surface area contributed by atoms with E-state index in [4.69, 9.17) is 10.5 Å². The van der Waals surface area contributed by atoms with Crippen molar-refractivity contribution in [2.75, 3.05) is 25.1 Å². The Bertz CT molecular complexity index is 487. The van der Waals surface area contributed by atoms with Gasteiger partial charge in [-0.3, -0.25) is 14.5 Å². The molecule has 1 aromatic carbocycles. The van der Waals surface area contributed by atoms with Crippen molar-refractivity contribution in [2.45, 2.75) is 6.54 Å². The van der Waals surface area contributed by atoms with Gasteiger partial charge in [0, 0.05) is 13.6 Å². The number of hydrogen-bond donors (Lipinski definition) is 2. The van der Waals surface area contributed by atoms with Gasteiger partial charge in [-0.25, -0.2) is 0 Å². The average molecular weight is 249 g/mol. The molecule has 0 saturated carbocycles. The van der Waals surface area contributed by atoms with Crippen molar-refractivity contribution in [3.63, 3.8) is 0 Å². The van der Waals surface area contributed by atoms with Gasteiger partial charge in [0.25, 0.3) is 5.91 Å². The van der Waals surface area contributed by atoms with Gasteiger partial charge in [0.2, 0.25) is 5.91 Å². The normalized spacial score (nSPS) is 13.9. The molecule has 0 unspecified atom stereocenters. The van der Waals surface area contributed by atoms with Gasteiger partial charge in [-0.15, -0.1) is 0 Å². The van der Waals surface area contributed by atoms with Crippen molar-refractivity contribution < 1.29 is 14.3 Å². The zero-order chi connectivity index (χ0) is 13.1. The molecular weight excluding hydrogens is 234 g/mol. The highest BCUT2D eigenvalue weighted by Gasteiger charge is 2.27. The number of carbonyl (C=O) groups excluding carboxylic acids is 2. The molecule has 2 rings (SSSR count). The maximum absolute atomic E-state index is 11.8. The number of benzene rings is 1. The largest absolute Gasteiger partial charge is 0.482 e. The lowest BCUT2D eigenvalue weighted by atomic mass is 10.1. The number of hydrogen-bond acceptors (Lipinski definition) is 4. The van der Waals surface area contributed by atoms with Crippen LogP contribution >= 0.6 is 0 Å². The number of rotatable bonds is 3. The third-order valence-corrected chi connectivity index (χ3v) is 2.78. The van der Waals surface area contributed by atoms with E-state index in [1.807, 2.05) is 6.07 Å². The van der Waals surface area contributed by atoms with E-state index < -0.39 is 0 Å². The topological polar surface area (TPSA) is 84.7 Å². The summed E-state index contributed by atoms with van der Waals surface area (Å²) in [5, 5.41) is 2.49. The molecule has 1 aromatic rings. The predicted octanol–water partition coefficient (Wildman–Crippen LogP) is -0.383. The Morgan fingerprint density at radius 1 is 1.56 bits per heavy atom. The van der Waals surface area contributed by atoms with Gasteiger partial charge in [0.15, 0.2) is 6.61 Å². The fourth-order valence-electron chi connectivity index (χ4n) is 1.77. The molecule has 1 heterocycles. The number of nitrogens with one attached hydrogen (secondary N) is 1. The first-order chi connectivity index (χ1) is 8.65. The highest BCUT2D eigenvalue weighted by atomic mass is 16.5. The van der Waals surface area contributed by atoms with Crippen LogP contribution in [0.2, 0.25) is 0 Å². The van der Waals surface area contributed by atoms with Crippen LogP contribution in [0.15, 0.2) is 18.2 Å². The molecule has 1 aliphatic rings. The summed E-state index contributed by atoms with van der Waals surface area (Å²) in [6.07, 6.45) is 0. The molecule has 18 heavy (non-hydrogen) atoms. The SMILES string of the molecule is CNC(=O)CN1C(=O)COc2cc(CN)ccc21. The molecule has 1 aliphatic heterocycles. The van der Waals surface area contributed by atoms with Gasteiger partial charge >= 0.3 is 0 Å². The van der Waals surface area contributed by atoms with Crippen molar-refractivity contribution in [1.29, 1.82) is 0 Å². The van der Waals surface area contributed by atoms with Gasteiger partial charge in [-0.2, -0.15) is 0 Å². The van der Waals surface area contributed by atoms with E-state index in [9.17, 15) is 9.59 Å². The lowest BCUT2D eigenvalue weighted by molar-refractivity contribution is -0.125. The molecule has 6 nitrogen and oxygen atoms in total. The quantitative estimate of drug-likeness (QED) is 0.764. The maximum Gasteiger partial charge on any atom is 0.265 e. The molecular formula is C12H15N3O3. The van der Waals surface area contributed by atoms with Crippen molar-refractivity contribution >= 4 is 17.5 Å². The minimum atomic E-state index is -0.230. The van der Waals surface area contributed by atoms with Crippen LogP contribution in [0, 0.1) is 0 Å². The molecule has 0 fully saturated rings. The zero-order valence-electron chi connectivity index (χ0n) is 10.1. The maximum atomic E-state index is 11.8. The second kappa shape index (κ2) is 5.05. The summed E-state index contributed by atoms with van der Waals surface area (Å²) in [5.41, 5.74) is 7.07. The molecule has 0 saturated heterocycles. The monoisotopic (exact) mass is 249 g/mol. The fourth-order valence-corrected chi connectivity index (χ4v) is 1.77. The van der Waals surface area contributed by atoms with Crippen LogP contribution in [0.5, 0.6) is 5.75 Å². The summed E-state index contributed by atoms with van der Waals surface area (Å²) in [5.74, 6) is 0.132. The number of anilines is 1. The smallest absolute Gasteiger partial charge is 0.265 e. The third kappa shape index (κ3) is 2.28. The van der Waals surface area contributed by atoms with Crippen LogP contribution < -0.4 is 20.7 Å². The summed E-state index contributed by atoms with van der Waals surface area (Å²) in [4.78, 5) is 24.6. The van der Waals surface area contributed by atoms with Crippen molar-refractivity contribution in [1.82, 2.24) is 5.32 Å². The minimum Gasteiger partial charge on any atom is -0.482 e. The molecule has 0 atom stereocenters. The van der Waals surface area contributed by atoms with Crippen LogP contribution in [0.1, 0.15) is 5.56 Å². The first kappa shape index (κ1) is 12.4. The lowest BCUT2D eigenvalue weighted by Gasteiger charge is -2.29. The van der Waals surface area contributed by atoms with E-state index in [-0.39, 0.29) is 25.0 Å². The van der Waals surface area contributed by atoms with Crippen LogP contribution in [0.25, 0.3) is 0 Å². The van der Waals surface area contributed by atoms with Crippen molar-refractivity contribution in [2.24, 2.45) is 5.73 Å². The van der Waals surface area contributed by atoms with Gasteiger partial charge in [0.1, 0.15) is 12.3 Å². The fraction of sp³-hybridized carbons (Fsp3) is 0.333. The first-order valence-corrected chi connectivity index (χ1v) is 5.62. The Kier molecular flexibility index (Phi) is 3.47. The molecule has 6 heteroatoms. The Morgan fingerprint density at radius 3 is 3.00 bits per heavy atom. The average Bonchev–Trinajstić information content (AvgIpc) is 2.41. The number of fused-ring (bicyclic) bond motifs is 1. The number of nitrogens with two attached hydrogens (primary N) is 1. The van der Waals surface area contributed by atoms with E-state index in [1.54, 1.807) is 12.1 Å². The van der Waals surface area contributed by atoms with Gasteiger partial charge in [-0.1, -0.05) is 6.07 Å². The molecule has 0 spiro atoms. The second-order valence-corrected chi connectivity index (χ2v) is 3.95. The molecule has 0 aliphatic carbocycles. The third-order valence-electron chi connectivity index (χ3n) is 2.78. The summed E-state index contributed by atoms with van der Waals surface area (Å²) < 4.78 is 5.35. The number of amides is 2. The standard InChI is InChI=1S/C12H15N3O3/c1-14-11(16)6-15-9-3-2-8(5-13)4-10(9)18-7-12(15)17/h2-4H,5-7,13H2,1H3,(H,14,16). The first-order valence-electron chi connectivity index (χ1n) is 5.62. The molecule has 2 amide bonds. The van der Waals surface area contributed by atoms with Crippen molar-refractivity contribution in [3.05, 3.63) is 23.8 Å². The summed E-state index contributed by atoms with van der Waals surface area (Å²) in [7, 11) is 1.53. The highest BCUT2D eigenvalue weighted by Crippen LogP contribution is 2.32. The summed E-state index contributed by atoms with van der Waals surface area (Å²) in [6, 6.07) is 5.35. The lowest BCUT2D eigenvalue weighted by Crippen LogP contribution is -2.44. The molecule has 0 bridgehead atoms. The minimum absolute atomic E-state index is 0.00628. The zero-order valence-corrected chi connectivity index (χ0v) is 10.1. The number of likely N-dealkylation sites (N-methyl/N-ethyl adjacent to an activating group) is 1. The van der Waals surface area contributed by atoms with E-state index in [0.717, 1.165) is 5.56 Å². The molecule has 96 valence electrons. The predicted molar refractivity (Wildman–Crippen MR) is 66.2 cm³/mol. The van der Waals surface area contributed by atoms with Crippen LogP contribution in [-0.2, 0) is 16.1 Å². The van der Waals surface area contributed by atoms with Crippen LogP contribution in [0.3, 0.4) is 0 Å². The van der Waals surface area contributed by atoms with Crippen molar-refractivity contribution in [3.8, 4) is 5.75 Å². The Hall–Kier alpha value is -2.08. The van der Waals surface area contributed by atoms with Crippen LogP contribution in [0.4, 0.5) is 5.69 Å². The molecule has 3 N–H and O–H groups in total. The van der Waals surface area contributed by atoms with Crippen LogP contribution in [-0.4, -0.2) is 32.0 Å².